The Labute approximate surface area is 84.2 Å². The van der Waals surface area contributed by atoms with Crippen LogP contribution >= 0.6 is 0 Å². The molecule has 14 heavy (non-hydrogen) atoms. The third kappa shape index (κ3) is 3.10. The molecule has 2 radical (unpaired) electrons. The van der Waals surface area contributed by atoms with E-state index in [0.29, 0.717) is 6.54 Å². The van der Waals surface area contributed by atoms with E-state index in [1.165, 1.54) is 12.1 Å². The summed E-state index contributed by atoms with van der Waals surface area (Å²) >= 11 is 0. The number of benzene rings is 1. The average Bonchev–Trinajstić information content (AvgIpc) is 2.14. The van der Waals surface area contributed by atoms with Gasteiger partial charge < -0.3 is 5.32 Å². The molecule has 0 amide bonds. The Morgan fingerprint density at radius 1 is 1.29 bits per heavy atom. The van der Waals surface area contributed by atoms with Crippen LogP contribution in [0.4, 0.5) is 0 Å². The van der Waals surface area contributed by atoms with E-state index in [-0.39, 0.29) is 4.90 Å². The summed E-state index contributed by atoms with van der Waals surface area (Å²) in [6.45, 7) is 0.648. The Balaban J connectivity index is 2.79. The van der Waals surface area contributed by atoms with Crippen molar-refractivity contribution in [2.24, 2.45) is 5.14 Å². The van der Waals surface area contributed by atoms with Gasteiger partial charge in [-0.2, -0.15) is 0 Å². The second-order valence-corrected chi connectivity index (χ2v) is 4.45. The zero-order valence-electron chi connectivity index (χ0n) is 7.60. The highest BCUT2D eigenvalue weighted by Crippen LogP contribution is 2.08. The molecule has 0 aliphatic heterocycles. The van der Waals surface area contributed by atoms with E-state index in [2.05, 4.69) is 5.32 Å². The van der Waals surface area contributed by atoms with Crippen molar-refractivity contribution in [2.45, 2.75) is 11.3 Å². The molecule has 0 bridgehead atoms. The van der Waals surface area contributed by atoms with Crippen molar-refractivity contribution >= 4 is 10.0 Å². The van der Waals surface area contributed by atoms with E-state index in [1.807, 2.05) is 0 Å². The third-order valence-corrected chi connectivity index (χ3v) is 2.74. The topological polar surface area (TPSA) is 72.2 Å². The molecule has 0 saturated carbocycles. The largest absolute Gasteiger partial charge is 0.311 e. The number of nitrogens with two attached hydrogens (primary N) is 1. The predicted octanol–water partition coefficient (Wildman–Crippen LogP) is 0.135. The first kappa shape index (κ1) is 11.2. The van der Waals surface area contributed by atoms with Gasteiger partial charge in [-0.3, -0.25) is 0 Å². The molecule has 1 aromatic rings. The second kappa shape index (κ2) is 4.54. The standard InChI is InChI=1S/C9H12N2O2S/c1-11-7-6-8-2-4-9(5-3-8)14(10,12)13/h1-5,11H,6-7H2,(H2,10,12,13). The number of hydrogen-bond acceptors (Lipinski definition) is 3. The lowest BCUT2D eigenvalue weighted by atomic mass is 10.1. The Hall–Kier alpha value is -0.910. The highest BCUT2D eigenvalue weighted by Gasteiger charge is 2.05. The monoisotopic (exact) mass is 212 g/mol. The molecule has 0 atom stereocenters. The Morgan fingerprint density at radius 2 is 1.86 bits per heavy atom. The third-order valence-electron chi connectivity index (χ3n) is 1.81. The lowest BCUT2D eigenvalue weighted by molar-refractivity contribution is 0.598. The van der Waals surface area contributed by atoms with Crippen molar-refractivity contribution in [3.63, 3.8) is 0 Å². The first-order valence-corrected chi connectivity index (χ1v) is 5.64. The van der Waals surface area contributed by atoms with Crippen molar-refractivity contribution in [1.29, 1.82) is 0 Å². The normalized spacial score (nSPS) is 11.6. The summed E-state index contributed by atoms with van der Waals surface area (Å²) in [6.07, 6.45) is 0.751. The molecule has 4 nitrogen and oxygen atoms in total. The van der Waals surface area contributed by atoms with Crippen LogP contribution in [-0.4, -0.2) is 15.0 Å². The smallest absolute Gasteiger partial charge is 0.238 e. The van der Waals surface area contributed by atoms with Crippen LogP contribution in [0.5, 0.6) is 0 Å². The fourth-order valence-electron chi connectivity index (χ4n) is 1.06. The van der Waals surface area contributed by atoms with Gasteiger partial charge in [0, 0.05) is 7.05 Å². The number of rotatable bonds is 4. The van der Waals surface area contributed by atoms with Crippen LogP contribution in [0.3, 0.4) is 0 Å². The molecular weight excluding hydrogens is 200 g/mol. The van der Waals surface area contributed by atoms with Gasteiger partial charge in [-0.25, -0.2) is 13.6 Å². The maximum absolute atomic E-state index is 10.9. The number of nitrogens with one attached hydrogen (secondary N) is 1. The van der Waals surface area contributed by atoms with Gasteiger partial charge in [-0.05, 0) is 30.7 Å². The maximum atomic E-state index is 10.9. The first-order valence-electron chi connectivity index (χ1n) is 4.09. The summed E-state index contributed by atoms with van der Waals surface area (Å²) in [7, 11) is 1.53. The van der Waals surface area contributed by atoms with Gasteiger partial charge in [0.25, 0.3) is 0 Å². The van der Waals surface area contributed by atoms with E-state index < -0.39 is 10.0 Å². The van der Waals surface area contributed by atoms with Gasteiger partial charge in [-0.15, -0.1) is 0 Å². The minimum absolute atomic E-state index is 0.127. The summed E-state index contributed by atoms with van der Waals surface area (Å²) in [5, 5.41) is 7.46. The fraction of sp³-hybridized carbons (Fsp3) is 0.222. The lowest BCUT2D eigenvalue weighted by Crippen LogP contribution is -2.12. The van der Waals surface area contributed by atoms with E-state index in [4.69, 9.17) is 12.2 Å². The van der Waals surface area contributed by atoms with Crippen molar-refractivity contribution < 1.29 is 8.42 Å². The molecule has 76 valence electrons. The van der Waals surface area contributed by atoms with Crippen molar-refractivity contribution in [3.05, 3.63) is 36.9 Å². The SMILES string of the molecule is [CH]NCCc1ccc(S(N)(=O)=O)cc1. The quantitative estimate of drug-likeness (QED) is 0.697. The number of primary sulfonamides is 1. The number of hydrogen-bond donors (Lipinski definition) is 2. The van der Waals surface area contributed by atoms with Crippen LogP contribution in [0.1, 0.15) is 5.56 Å². The molecule has 1 rings (SSSR count). The molecule has 0 heterocycles. The van der Waals surface area contributed by atoms with Gasteiger partial charge in [0.05, 0.1) is 4.90 Å². The van der Waals surface area contributed by atoms with E-state index >= 15 is 0 Å². The van der Waals surface area contributed by atoms with Crippen molar-refractivity contribution in [2.75, 3.05) is 6.54 Å². The Kier molecular flexibility index (Phi) is 3.62. The highest BCUT2D eigenvalue weighted by atomic mass is 32.2. The van der Waals surface area contributed by atoms with Crippen LogP contribution in [0.2, 0.25) is 0 Å². The highest BCUT2D eigenvalue weighted by molar-refractivity contribution is 7.89. The minimum Gasteiger partial charge on any atom is -0.311 e. The summed E-state index contributed by atoms with van der Waals surface area (Å²) in [6, 6.07) is 6.41. The summed E-state index contributed by atoms with van der Waals surface area (Å²) < 4.78 is 21.8. The zero-order valence-corrected chi connectivity index (χ0v) is 8.42. The van der Waals surface area contributed by atoms with Gasteiger partial charge in [0.15, 0.2) is 0 Å². The first-order chi connectivity index (χ1) is 6.54. The molecular formula is C9H12N2O2S. The molecule has 0 spiro atoms. The molecule has 0 aliphatic rings. The molecule has 0 saturated heterocycles. The molecule has 1 aromatic carbocycles. The fourth-order valence-corrected chi connectivity index (χ4v) is 1.58. The zero-order chi connectivity index (χ0) is 10.6. The molecule has 0 aromatic heterocycles. The van der Waals surface area contributed by atoms with E-state index in [1.54, 1.807) is 12.1 Å². The predicted molar refractivity (Wildman–Crippen MR) is 53.8 cm³/mol. The van der Waals surface area contributed by atoms with Gasteiger partial charge in [0.2, 0.25) is 10.0 Å². The van der Waals surface area contributed by atoms with Crippen LogP contribution in [0.25, 0.3) is 0 Å². The van der Waals surface area contributed by atoms with Crippen LogP contribution in [0.15, 0.2) is 29.2 Å². The van der Waals surface area contributed by atoms with Gasteiger partial charge in [0.1, 0.15) is 0 Å². The van der Waals surface area contributed by atoms with Gasteiger partial charge >= 0.3 is 0 Å². The molecule has 0 fully saturated rings. The molecule has 3 N–H and O–H groups in total. The lowest BCUT2D eigenvalue weighted by Gasteiger charge is -2.01. The van der Waals surface area contributed by atoms with Crippen LogP contribution < -0.4 is 10.5 Å². The summed E-state index contributed by atoms with van der Waals surface area (Å²) in [4.78, 5) is 0.127. The van der Waals surface area contributed by atoms with Crippen LogP contribution in [-0.2, 0) is 16.4 Å². The molecule has 0 aliphatic carbocycles. The maximum Gasteiger partial charge on any atom is 0.238 e. The summed E-state index contributed by atoms with van der Waals surface area (Å²) in [5.74, 6) is 0. The van der Waals surface area contributed by atoms with Crippen LogP contribution in [0, 0.1) is 7.05 Å². The second-order valence-electron chi connectivity index (χ2n) is 2.89. The average molecular weight is 212 g/mol. The molecule has 5 heteroatoms. The Morgan fingerprint density at radius 3 is 2.29 bits per heavy atom. The van der Waals surface area contributed by atoms with E-state index in [9.17, 15) is 8.42 Å². The van der Waals surface area contributed by atoms with E-state index in [0.717, 1.165) is 12.0 Å². The minimum atomic E-state index is -3.58. The van der Waals surface area contributed by atoms with Crippen molar-refractivity contribution in [3.8, 4) is 0 Å². The number of sulfonamides is 1. The molecule has 0 unspecified atom stereocenters. The summed E-state index contributed by atoms with van der Waals surface area (Å²) in [5.41, 5.74) is 1.01. The van der Waals surface area contributed by atoms with Crippen molar-refractivity contribution in [1.82, 2.24) is 5.32 Å². The van der Waals surface area contributed by atoms with Gasteiger partial charge in [-0.1, -0.05) is 12.1 Å². The Bertz CT molecular complexity index is 384.